The van der Waals surface area contributed by atoms with Crippen molar-refractivity contribution in [3.05, 3.63) is 17.0 Å². The van der Waals surface area contributed by atoms with Crippen LogP contribution >= 0.6 is 0 Å². The quantitative estimate of drug-likeness (QED) is 0.837. The van der Waals surface area contributed by atoms with Gasteiger partial charge < -0.3 is 10.4 Å². The van der Waals surface area contributed by atoms with Crippen molar-refractivity contribution in [1.82, 2.24) is 15.1 Å². The molecule has 2 rings (SSSR count). The number of aromatic nitrogens is 2. The van der Waals surface area contributed by atoms with Gasteiger partial charge >= 0.3 is 5.97 Å². The number of hydrogen-bond donors (Lipinski definition) is 2. The molecule has 1 heterocycles. The second-order valence-electron chi connectivity index (χ2n) is 6.67. The highest BCUT2D eigenvalue weighted by Crippen LogP contribution is 2.27. The van der Waals surface area contributed by atoms with E-state index < -0.39 is 5.97 Å². The fraction of sp³-hybridized carbons (Fsp3) is 0.688. The zero-order valence-corrected chi connectivity index (χ0v) is 13.7. The van der Waals surface area contributed by atoms with Crippen LogP contribution in [0.4, 0.5) is 0 Å². The topological polar surface area (TPSA) is 84.2 Å². The Morgan fingerprint density at radius 2 is 2.00 bits per heavy atom. The largest absolute Gasteiger partial charge is 0.481 e. The van der Waals surface area contributed by atoms with Gasteiger partial charge in [0.15, 0.2) is 0 Å². The molecule has 2 N–H and O–H groups in total. The summed E-state index contributed by atoms with van der Waals surface area (Å²) in [6.45, 7) is 9.04. The van der Waals surface area contributed by atoms with Gasteiger partial charge in [-0.25, -0.2) is 0 Å². The first kappa shape index (κ1) is 16.5. The monoisotopic (exact) mass is 307 g/mol. The minimum absolute atomic E-state index is 0.0000730. The van der Waals surface area contributed by atoms with Crippen LogP contribution in [-0.4, -0.2) is 32.8 Å². The summed E-state index contributed by atoms with van der Waals surface area (Å²) in [5.41, 5.74) is 2.91. The molecule has 6 nitrogen and oxygen atoms in total. The van der Waals surface area contributed by atoms with Crippen LogP contribution in [0.3, 0.4) is 0 Å². The first-order chi connectivity index (χ1) is 10.3. The van der Waals surface area contributed by atoms with E-state index in [0.29, 0.717) is 25.2 Å². The maximum atomic E-state index is 12.1. The second-order valence-corrected chi connectivity index (χ2v) is 6.67. The van der Waals surface area contributed by atoms with Gasteiger partial charge in [0.25, 0.3) is 0 Å². The van der Waals surface area contributed by atoms with E-state index in [1.807, 2.05) is 18.5 Å². The molecule has 122 valence electrons. The molecule has 0 bridgehead atoms. The van der Waals surface area contributed by atoms with Crippen LogP contribution in [-0.2, 0) is 22.6 Å². The SMILES string of the molecule is Cc1nn(CC(C)C)c(C)c1CC(=O)NC1CC(C(=O)O)C1. The molecule has 1 saturated carbocycles. The third-order valence-electron chi connectivity index (χ3n) is 4.26. The Balaban J connectivity index is 1.92. The highest BCUT2D eigenvalue weighted by atomic mass is 16.4. The summed E-state index contributed by atoms with van der Waals surface area (Å²) in [6, 6.07) is -0.0000730. The Hall–Kier alpha value is -1.85. The van der Waals surface area contributed by atoms with Crippen molar-refractivity contribution >= 4 is 11.9 Å². The van der Waals surface area contributed by atoms with Crippen molar-refractivity contribution in [1.29, 1.82) is 0 Å². The molecule has 0 saturated heterocycles. The lowest BCUT2D eigenvalue weighted by Crippen LogP contribution is -2.47. The second kappa shape index (κ2) is 6.50. The predicted octanol–water partition coefficient (Wildman–Crippen LogP) is 1.68. The van der Waals surface area contributed by atoms with E-state index in [0.717, 1.165) is 23.5 Å². The fourth-order valence-electron chi connectivity index (χ4n) is 2.89. The molecule has 0 spiro atoms. The Morgan fingerprint density at radius 3 is 2.55 bits per heavy atom. The number of nitrogens with one attached hydrogen (secondary N) is 1. The van der Waals surface area contributed by atoms with Crippen LogP contribution in [0, 0.1) is 25.7 Å². The summed E-state index contributed by atoms with van der Waals surface area (Å²) in [4.78, 5) is 22.9. The lowest BCUT2D eigenvalue weighted by atomic mass is 9.80. The summed E-state index contributed by atoms with van der Waals surface area (Å²) < 4.78 is 1.96. The van der Waals surface area contributed by atoms with Gasteiger partial charge in [-0.3, -0.25) is 14.3 Å². The molecule has 0 aliphatic heterocycles. The molecular formula is C16H25N3O3. The third kappa shape index (κ3) is 3.67. The number of carbonyl (C=O) groups excluding carboxylic acids is 1. The van der Waals surface area contributed by atoms with E-state index in [2.05, 4.69) is 24.3 Å². The van der Waals surface area contributed by atoms with Crippen molar-refractivity contribution in [2.24, 2.45) is 11.8 Å². The minimum atomic E-state index is -0.771. The van der Waals surface area contributed by atoms with E-state index in [4.69, 9.17) is 5.11 Å². The van der Waals surface area contributed by atoms with Crippen molar-refractivity contribution < 1.29 is 14.7 Å². The number of aliphatic carboxylic acids is 1. The van der Waals surface area contributed by atoms with Gasteiger partial charge in [0, 0.05) is 23.8 Å². The first-order valence-electron chi connectivity index (χ1n) is 7.83. The number of aryl methyl sites for hydroxylation is 1. The van der Waals surface area contributed by atoms with Crippen LogP contribution in [0.5, 0.6) is 0 Å². The van der Waals surface area contributed by atoms with Gasteiger partial charge in [0.05, 0.1) is 18.0 Å². The molecule has 22 heavy (non-hydrogen) atoms. The highest BCUT2D eigenvalue weighted by molar-refractivity contribution is 5.80. The Bertz CT molecular complexity index is 571. The number of amides is 1. The number of carbonyl (C=O) groups is 2. The van der Waals surface area contributed by atoms with Crippen LogP contribution in [0.2, 0.25) is 0 Å². The van der Waals surface area contributed by atoms with Crippen LogP contribution < -0.4 is 5.32 Å². The van der Waals surface area contributed by atoms with Crippen LogP contribution in [0.15, 0.2) is 0 Å². The number of rotatable bonds is 6. The Labute approximate surface area is 130 Å². The van der Waals surface area contributed by atoms with Gasteiger partial charge in [-0.15, -0.1) is 0 Å². The van der Waals surface area contributed by atoms with E-state index in [-0.39, 0.29) is 17.9 Å². The molecule has 1 amide bonds. The van der Waals surface area contributed by atoms with Crippen molar-refractivity contribution in [3.63, 3.8) is 0 Å². The highest BCUT2D eigenvalue weighted by Gasteiger charge is 2.35. The summed E-state index contributed by atoms with van der Waals surface area (Å²) in [7, 11) is 0. The molecular weight excluding hydrogens is 282 g/mol. The molecule has 1 fully saturated rings. The van der Waals surface area contributed by atoms with E-state index in [1.165, 1.54) is 0 Å². The van der Waals surface area contributed by atoms with Crippen molar-refractivity contribution in [2.45, 2.75) is 59.5 Å². The molecule has 1 aliphatic rings. The van der Waals surface area contributed by atoms with Gasteiger partial charge in [0.1, 0.15) is 0 Å². The van der Waals surface area contributed by atoms with Gasteiger partial charge in [0.2, 0.25) is 5.91 Å². The standard InChI is InChI=1S/C16H25N3O3/c1-9(2)8-19-11(4)14(10(3)18-19)7-15(20)17-13-5-12(6-13)16(21)22/h9,12-13H,5-8H2,1-4H3,(H,17,20)(H,21,22). The zero-order chi connectivity index (χ0) is 16.4. The lowest BCUT2D eigenvalue weighted by molar-refractivity contribution is -0.146. The fourth-order valence-corrected chi connectivity index (χ4v) is 2.89. The number of carboxylic acids is 1. The van der Waals surface area contributed by atoms with E-state index in [9.17, 15) is 9.59 Å². The summed E-state index contributed by atoms with van der Waals surface area (Å²) in [6.07, 6.45) is 1.38. The van der Waals surface area contributed by atoms with Gasteiger partial charge in [-0.05, 0) is 32.6 Å². The smallest absolute Gasteiger partial charge is 0.306 e. The van der Waals surface area contributed by atoms with E-state index >= 15 is 0 Å². The van der Waals surface area contributed by atoms with Crippen LogP contribution in [0.1, 0.15) is 43.6 Å². The first-order valence-corrected chi connectivity index (χ1v) is 7.83. The van der Waals surface area contributed by atoms with Crippen LogP contribution in [0.25, 0.3) is 0 Å². The molecule has 0 radical (unpaired) electrons. The average Bonchev–Trinajstić information content (AvgIpc) is 2.60. The average molecular weight is 307 g/mol. The molecule has 0 aromatic carbocycles. The molecule has 1 aromatic rings. The zero-order valence-electron chi connectivity index (χ0n) is 13.7. The van der Waals surface area contributed by atoms with Gasteiger partial charge in [-0.2, -0.15) is 5.10 Å². The minimum Gasteiger partial charge on any atom is -0.481 e. The molecule has 0 unspecified atom stereocenters. The molecule has 0 atom stereocenters. The van der Waals surface area contributed by atoms with Crippen molar-refractivity contribution in [3.8, 4) is 0 Å². The Morgan fingerprint density at radius 1 is 1.36 bits per heavy atom. The Kier molecular flexibility index (Phi) is 4.88. The maximum Gasteiger partial charge on any atom is 0.306 e. The predicted molar refractivity (Wildman–Crippen MR) is 82.5 cm³/mol. The summed E-state index contributed by atoms with van der Waals surface area (Å²) >= 11 is 0. The third-order valence-corrected chi connectivity index (χ3v) is 4.26. The summed E-state index contributed by atoms with van der Waals surface area (Å²) in [5, 5.41) is 16.3. The van der Waals surface area contributed by atoms with E-state index in [1.54, 1.807) is 0 Å². The van der Waals surface area contributed by atoms with Crippen molar-refractivity contribution in [2.75, 3.05) is 0 Å². The molecule has 1 aromatic heterocycles. The number of nitrogens with zero attached hydrogens (tertiary/aromatic N) is 2. The lowest BCUT2D eigenvalue weighted by Gasteiger charge is -2.32. The molecule has 6 heteroatoms. The number of carboxylic acid groups (broad SMARTS) is 1. The normalized spacial score (nSPS) is 20.8. The summed E-state index contributed by atoms with van der Waals surface area (Å²) in [5.74, 6) is -0.624. The maximum absolute atomic E-state index is 12.1. The molecule has 1 aliphatic carbocycles. The number of hydrogen-bond acceptors (Lipinski definition) is 3. The van der Waals surface area contributed by atoms with Gasteiger partial charge in [-0.1, -0.05) is 13.8 Å².